The van der Waals surface area contributed by atoms with Gasteiger partial charge in [0, 0.05) is 6.54 Å². The summed E-state index contributed by atoms with van der Waals surface area (Å²) in [5, 5.41) is 3.02. The van der Waals surface area contributed by atoms with E-state index in [1.54, 1.807) is 0 Å². The van der Waals surface area contributed by atoms with E-state index in [4.69, 9.17) is 10.5 Å². The fraction of sp³-hybridized carbons (Fsp3) is 0.611. The molecular formula is C18H31ClN2O2. The zero-order valence-electron chi connectivity index (χ0n) is 14.7. The summed E-state index contributed by atoms with van der Waals surface area (Å²) >= 11 is 0. The topological polar surface area (TPSA) is 64.3 Å². The molecule has 1 unspecified atom stereocenters. The van der Waals surface area contributed by atoms with Gasteiger partial charge in [0.15, 0.2) is 6.61 Å². The van der Waals surface area contributed by atoms with Gasteiger partial charge in [-0.3, -0.25) is 4.79 Å². The molecule has 23 heavy (non-hydrogen) atoms. The third-order valence-corrected chi connectivity index (χ3v) is 4.57. The number of halogens is 1. The van der Waals surface area contributed by atoms with Crippen LogP contribution in [0.25, 0.3) is 0 Å². The van der Waals surface area contributed by atoms with Gasteiger partial charge in [-0.05, 0) is 36.8 Å². The van der Waals surface area contributed by atoms with Gasteiger partial charge in [0.1, 0.15) is 5.75 Å². The lowest BCUT2D eigenvalue weighted by Crippen LogP contribution is -2.54. The number of amides is 1. The van der Waals surface area contributed by atoms with Gasteiger partial charge in [0.2, 0.25) is 0 Å². The second-order valence-electron chi connectivity index (χ2n) is 5.88. The quantitative estimate of drug-likeness (QED) is 0.720. The first-order chi connectivity index (χ1) is 10.5. The first kappa shape index (κ1) is 21.7. The lowest BCUT2D eigenvalue weighted by atomic mass is 9.93. The maximum absolute atomic E-state index is 12.2. The predicted octanol–water partition coefficient (Wildman–Crippen LogP) is 3.63. The van der Waals surface area contributed by atoms with Gasteiger partial charge >= 0.3 is 0 Å². The van der Waals surface area contributed by atoms with E-state index in [1.807, 2.05) is 32.0 Å². The molecule has 0 aromatic heterocycles. The average Bonchev–Trinajstić information content (AvgIpc) is 2.57. The van der Waals surface area contributed by atoms with E-state index in [2.05, 4.69) is 25.2 Å². The molecule has 0 heterocycles. The molecule has 1 rings (SSSR count). The third kappa shape index (κ3) is 6.04. The Morgan fingerprint density at radius 2 is 1.87 bits per heavy atom. The maximum Gasteiger partial charge on any atom is 0.258 e. The number of ether oxygens (including phenoxy) is 1. The highest BCUT2D eigenvalue weighted by molar-refractivity contribution is 5.85. The fourth-order valence-corrected chi connectivity index (χ4v) is 2.48. The number of hydrogen-bond acceptors (Lipinski definition) is 3. The maximum atomic E-state index is 12.2. The molecule has 1 aromatic carbocycles. The molecule has 5 heteroatoms. The van der Waals surface area contributed by atoms with E-state index >= 15 is 0 Å². The second kappa shape index (κ2) is 10.5. The molecule has 4 nitrogen and oxygen atoms in total. The van der Waals surface area contributed by atoms with Gasteiger partial charge in [-0.25, -0.2) is 0 Å². The van der Waals surface area contributed by atoms with Gasteiger partial charge in [-0.15, -0.1) is 12.4 Å². The molecule has 0 aliphatic heterocycles. The number of benzene rings is 1. The first-order valence-corrected chi connectivity index (χ1v) is 8.24. The van der Waals surface area contributed by atoms with Crippen molar-refractivity contribution in [1.82, 2.24) is 5.32 Å². The number of nitrogens with two attached hydrogens (primary N) is 1. The summed E-state index contributed by atoms with van der Waals surface area (Å²) in [6, 6.07) is 7.91. The number of nitrogens with one attached hydrogen (secondary N) is 1. The number of rotatable bonds is 9. The predicted molar refractivity (Wildman–Crippen MR) is 98.4 cm³/mol. The van der Waals surface area contributed by atoms with Crippen molar-refractivity contribution in [2.45, 2.75) is 58.4 Å². The standard InChI is InChI=1S/C18H30N2O2.ClH/c1-5-14(4)15-10-8-9-11-16(15)22-12-17(21)20-18(6-2,7-3)13-19;/h8-11,14H,5-7,12-13,19H2,1-4H3,(H,20,21);1H. The lowest BCUT2D eigenvalue weighted by Gasteiger charge is -2.31. The zero-order chi connectivity index (χ0) is 16.6. The van der Waals surface area contributed by atoms with Crippen molar-refractivity contribution in [3.05, 3.63) is 29.8 Å². The SMILES string of the molecule is CCC(C)c1ccccc1OCC(=O)NC(CC)(CC)CN.Cl. The van der Waals surface area contributed by atoms with Crippen LogP contribution in [0.4, 0.5) is 0 Å². The molecule has 1 amide bonds. The molecule has 1 atom stereocenters. The van der Waals surface area contributed by atoms with Crippen molar-refractivity contribution in [3.8, 4) is 5.75 Å². The van der Waals surface area contributed by atoms with Crippen LogP contribution < -0.4 is 15.8 Å². The zero-order valence-corrected chi connectivity index (χ0v) is 15.5. The van der Waals surface area contributed by atoms with Crippen LogP contribution in [0.1, 0.15) is 58.4 Å². The average molecular weight is 343 g/mol. The normalized spacial score (nSPS) is 12.2. The van der Waals surface area contributed by atoms with Crippen molar-refractivity contribution >= 4 is 18.3 Å². The highest BCUT2D eigenvalue weighted by Crippen LogP contribution is 2.28. The summed E-state index contributed by atoms with van der Waals surface area (Å²) in [6.45, 7) is 8.85. The molecule has 0 aliphatic rings. The largest absolute Gasteiger partial charge is 0.483 e. The Hall–Kier alpha value is -1.26. The molecular weight excluding hydrogens is 312 g/mol. The van der Waals surface area contributed by atoms with Crippen molar-refractivity contribution in [1.29, 1.82) is 0 Å². The summed E-state index contributed by atoms with van der Waals surface area (Å²) in [4.78, 5) is 12.2. The number of carbonyl (C=O) groups is 1. The number of carbonyl (C=O) groups excluding carboxylic acids is 1. The van der Waals surface area contributed by atoms with Crippen LogP contribution in [0.15, 0.2) is 24.3 Å². The number of para-hydroxylation sites is 1. The summed E-state index contributed by atoms with van der Waals surface area (Å²) in [6.07, 6.45) is 2.67. The smallest absolute Gasteiger partial charge is 0.258 e. The third-order valence-electron chi connectivity index (χ3n) is 4.57. The Labute approximate surface area is 146 Å². The van der Waals surface area contributed by atoms with Crippen LogP contribution in [0.2, 0.25) is 0 Å². The summed E-state index contributed by atoms with van der Waals surface area (Å²) < 4.78 is 5.75. The molecule has 0 saturated heterocycles. The van der Waals surface area contributed by atoms with E-state index in [-0.39, 0.29) is 30.5 Å². The van der Waals surface area contributed by atoms with Gasteiger partial charge in [-0.1, -0.05) is 45.9 Å². The van der Waals surface area contributed by atoms with E-state index < -0.39 is 0 Å². The van der Waals surface area contributed by atoms with E-state index in [0.717, 1.165) is 30.6 Å². The highest BCUT2D eigenvalue weighted by atomic mass is 35.5. The van der Waals surface area contributed by atoms with Crippen LogP contribution in [-0.2, 0) is 4.79 Å². The van der Waals surface area contributed by atoms with Crippen LogP contribution in [0.3, 0.4) is 0 Å². The fourth-order valence-electron chi connectivity index (χ4n) is 2.48. The van der Waals surface area contributed by atoms with Crippen molar-refractivity contribution in [2.75, 3.05) is 13.2 Å². The highest BCUT2D eigenvalue weighted by Gasteiger charge is 2.26. The van der Waals surface area contributed by atoms with Crippen LogP contribution >= 0.6 is 12.4 Å². The molecule has 0 spiro atoms. The minimum Gasteiger partial charge on any atom is -0.483 e. The van der Waals surface area contributed by atoms with Gasteiger partial charge in [-0.2, -0.15) is 0 Å². The van der Waals surface area contributed by atoms with Crippen LogP contribution in [0.5, 0.6) is 5.75 Å². The van der Waals surface area contributed by atoms with Crippen molar-refractivity contribution < 1.29 is 9.53 Å². The van der Waals surface area contributed by atoms with Gasteiger partial charge < -0.3 is 15.8 Å². The molecule has 0 saturated carbocycles. The molecule has 132 valence electrons. The molecule has 0 bridgehead atoms. The molecule has 0 radical (unpaired) electrons. The van der Waals surface area contributed by atoms with Crippen LogP contribution in [0, 0.1) is 0 Å². The lowest BCUT2D eigenvalue weighted by molar-refractivity contribution is -0.125. The Bertz CT molecular complexity index is 468. The van der Waals surface area contributed by atoms with Gasteiger partial charge in [0.05, 0.1) is 5.54 Å². The molecule has 0 aliphatic carbocycles. The first-order valence-electron chi connectivity index (χ1n) is 8.24. The summed E-state index contributed by atoms with van der Waals surface area (Å²) in [7, 11) is 0. The Morgan fingerprint density at radius 1 is 1.26 bits per heavy atom. The van der Waals surface area contributed by atoms with Crippen molar-refractivity contribution in [2.24, 2.45) is 5.73 Å². The Kier molecular flexibility index (Phi) is 9.93. The summed E-state index contributed by atoms with van der Waals surface area (Å²) in [5.41, 5.74) is 6.64. The number of hydrogen-bond donors (Lipinski definition) is 2. The molecule has 1 aromatic rings. The van der Waals surface area contributed by atoms with Crippen LogP contribution in [-0.4, -0.2) is 24.6 Å². The summed E-state index contributed by atoms with van der Waals surface area (Å²) in [5.74, 6) is 1.08. The Balaban J connectivity index is 0.00000484. The van der Waals surface area contributed by atoms with Crippen molar-refractivity contribution in [3.63, 3.8) is 0 Å². The molecule has 3 N–H and O–H groups in total. The van der Waals surface area contributed by atoms with E-state index in [1.165, 1.54) is 0 Å². The van der Waals surface area contributed by atoms with E-state index in [9.17, 15) is 4.79 Å². The minimum absolute atomic E-state index is 0. The Morgan fingerprint density at radius 3 is 2.39 bits per heavy atom. The molecule has 0 fully saturated rings. The monoisotopic (exact) mass is 342 g/mol. The second-order valence-corrected chi connectivity index (χ2v) is 5.88. The van der Waals surface area contributed by atoms with Gasteiger partial charge in [0.25, 0.3) is 5.91 Å². The van der Waals surface area contributed by atoms with E-state index in [0.29, 0.717) is 12.5 Å². The minimum atomic E-state index is -0.323.